The van der Waals surface area contributed by atoms with Crippen LogP contribution in [0.15, 0.2) is 21.2 Å². The average Bonchev–Trinajstić information content (AvgIpc) is 3.46. The zero-order valence-corrected chi connectivity index (χ0v) is 17.1. The molecule has 0 aromatic carbocycles. The molecule has 3 fully saturated rings. The highest BCUT2D eigenvalue weighted by molar-refractivity contribution is 5.09. The minimum Gasteiger partial charge on any atom is -0.445 e. The minimum absolute atomic E-state index is 0.473. The van der Waals surface area contributed by atoms with Crippen LogP contribution in [0.4, 0.5) is 0 Å². The highest BCUT2D eigenvalue weighted by atomic mass is 16.4. The van der Waals surface area contributed by atoms with Gasteiger partial charge in [-0.3, -0.25) is 0 Å². The topological polar surface area (TPSA) is 52.1 Å². The van der Waals surface area contributed by atoms with Crippen LogP contribution in [0.1, 0.15) is 137 Å². The molecule has 0 saturated heterocycles. The monoisotopic (exact) mass is 382 g/mol. The lowest BCUT2D eigenvalue weighted by Gasteiger charge is -2.25. The Bertz CT molecular complexity index is 680. The molecule has 0 unspecified atom stereocenters. The van der Waals surface area contributed by atoms with Crippen LogP contribution in [0.2, 0.25) is 0 Å². The Labute approximate surface area is 168 Å². The van der Waals surface area contributed by atoms with Crippen LogP contribution < -0.4 is 0 Å². The first kappa shape index (κ1) is 18.4. The maximum atomic E-state index is 6.24. The second-order valence-electron chi connectivity index (χ2n) is 9.42. The number of rotatable bonds is 4. The van der Waals surface area contributed by atoms with E-state index in [0.29, 0.717) is 23.7 Å². The third kappa shape index (κ3) is 3.92. The maximum absolute atomic E-state index is 6.24. The van der Waals surface area contributed by atoms with Gasteiger partial charge in [-0.2, -0.15) is 0 Å². The fourth-order valence-corrected chi connectivity index (χ4v) is 5.72. The molecule has 0 radical (unpaired) electrons. The van der Waals surface area contributed by atoms with Crippen LogP contribution in [-0.2, 0) is 0 Å². The summed E-state index contributed by atoms with van der Waals surface area (Å²) in [5, 5.41) is 0. The molecule has 4 heteroatoms. The standard InChI is InChI=1S/C24H34N2O2/c1-3-7-17(8-4-1)21-15-25-23(27-21)19-11-13-20(14-12-19)24-26-16-22(28-24)18-9-5-2-6-10-18/h15-20H,1-14H2. The Balaban J connectivity index is 1.17. The van der Waals surface area contributed by atoms with Gasteiger partial charge in [-0.1, -0.05) is 38.5 Å². The summed E-state index contributed by atoms with van der Waals surface area (Å²) in [6.07, 6.45) is 21.8. The smallest absolute Gasteiger partial charge is 0.197 e. The molecule has 0 amide bonds. The van der Waals surface area contributed by atoms with Crippen molar-refractivity contribution in [3.63, 3.8) is 0 Å². The molecule has 3 saturated carbocycles. The van der Waals surface area contributed by atoms with E-state index in [9.17, 15) is 0 Å². The first-order valence-electron chi connectivity index (χ1n) is 11.8. The van der Waals surface area contributed by atoms with Crippen LogP contribution in [0.3, 0.4) is 0 Å². The molecule has 0 atom stereocenters. The van der Waals surface area contributed by atoms with E-state index in [0.717, 1.165) is 49.0 Å². The van der Waals surface area contributed by atoms with Gasteiger partial charge in [0.05, 0.1) is 12.4 Å². The summed E-state index contributed by atoms with van der Waals surface area (Å²) >= 11 is 0. The number of oxazole rings is 2. The maximum Gasteiger partial charge on any atom is 0.197 e. The van der Waals surface area contributed by atoms with Crippen molar-refractivity contribution in [2.24, 2.45) is 0 Å². The number of hydrogen-bond donors (Lipinski definition) is 0. The zero-order valence-electron chi connectivity index (χ0n) is 17.1. The molecule has 3 aliphatic carbocycles. The predicted molar refractivity (Wildman–Crippen MR) is 109 cm³/mol. The molecule has 152 valence electrons. The van der Waals surface area contributed by atoms with Crippen LogP contribution in [0.5, 0.6) is 0 Å². The number of nitrogens with zero attached hydrogens (tertiary/aromatic N) is 2. The molecule has 0 spiro atoms. The zero-order chi connectivity index (χ0) is 18.8. The van der Waals surface area contributed by atoms with Gasteiger partial charge < -0.3 is 8.83 Å². The van der Waals surface area contributed by atoms with Crippen LogP contribution in [0, 0.1) is 0 Å². The van der Waals surface area contributed by atoms with Gasteiger partial charge in [-0.25, -0.2) is 9.97 Å². The quantitative estimate of drug-likeness (QED) is 0.561. The largest absolute Gasteiger partial charge is 0.445 e. The van der Waals surface area contributed by atoms with E-state index in [4.69, 9.17) is 8.83 Å². The summed E-state index contributed by atoms with van der Waals surface area (Å²) in [6, 6.07) is 0. The van der Waals surface area contributed by atoms with Crippen molar-refractivity contribution in [1.82, 2.24) is 9.97 Å². The summed E-state index contributed by atoms with van der Waals surface area (Å²) in [6.45, 7) is 0. The lowest BCUT2D eigenvalue weighted by atomic mass is 9.82. The van der Waals surface area contributed by atoms with E-state index in [-0.39, 0.29) is 0 Å². The SMILES string of the molecule is c1nc(C2CCC(c3ncc(C4CCCCC4)o3)CC2)oc1C1CCCCC1. The Kier molecular flexibility index (Phi) is 5.55. The first-order chi connectivity index (χ1) is 13.9. The highest BCUT2D eigenvalue weighted by Gasteiger charge is 2.30. The molecule has 0 aliphatic heterocycles. The molecule has 28 heavy (non-hydrogen) atoms. The van der Waals surface area contributed by atoms with Gasteiger partial charge in [-0.05, 0) is 51.4 Å². The van der Waals surface area contributed by atoms with E-state index in [1.165, 1.54) is 64.2 Å². The number of hydrogen-bond acceptors (Lipinski definition) is 4. The molecule has 2 aromatic rings. The fourth-order valence-electron chi connectivity index (χ4n) is 5.72. The summed E-state index contributed by atoms with van der Waals surface area (Å²) in [5.41, 5.74) is 0. The lowest BCUT2D eigenvalue weighted by Crippen LogP contribution is -2.12. The Hall–Kier alpha value is -1.58. The third-order valence-electron chi connectivity index (χ3n) is 7.52. The van der Waals surface area contributed by atoms with Crippen LogP contribution >= 0.6 is 0 Å². The van der Waals surface area contributed by atoms with Crippen molar-refractivity contribution < 1.29 is 8.83 Å². The second kappa shape index (κ2) is 8.42. The minimum atomic E-state index is 0.473. The van der Waals surface area contributed by atoms with Crippen molar-refractivity contribution in [2.45, 2.75) is 114 Å². The lowest BCUT2D eigenvalue weighted by molar-refractivity contribution is 0.282. The average molecular weight is 383 g/mol. The molecule has 0 N–H and O–H groups in total. The Morgan fingerprint density at radius 1 is 0.500 bits per heavy atom. The van der Waals surface area contributed by atoms with Crippen molar-refractivity contribution >= 4 is 0 Å². The summed E-state index contributed by atoms with van der Waals surface area (Å²) in [4.78, 5) is 9.34. The molecule has 3 aliphatic rings. The van der Waals surface area contributed by atoms with Crippen molar-refractivity contribution in [2.75, 3.05) is 0 Å². The molecule has 5 rings (SSSR count). The van der Waals surface area contributed by atoms with Gasteiger partial charge in [0.2, 0.25) is 0 Å². The summed E-state index contributed by atoms with van der Waals surface area (Å²) in [7, 11) is 0. The van der Waals surface area contributed by atoms with Crippen molar-refractivity contribution in [1.29, 1.82) is 0 Å². The van der Waals surface area contributed by atoms with E-state index in [1.807, 2.05) is 12.4 Å². The van der Waals surface area contributed by atoms with Crippen molar-refractivity contribution in [3.8, 4) is 0 Å². The Morgan fingerprint density at radius 2 is 0.893 bits per heavy atom. The Morgan fingerprint density at radius 3 is 1.29 bits per heavy atom. The van der Waals surface area contributed by atoms with Gasteiger partial charge in [-0.15, -0.1) is 0 Å². The van der Waals surface area contributed by atoms with Crippen LogP contribution in [-0.4, -0.2) is 9.97 Å². The van der Waals surface area contributed by atoms with Gasteiger partial charge in [0.15, 0.2) is 11.8 Å². The normalized spacial score (nSPS) is 27.9. The summed E-state index contributed by atoms with van der Waals surface area (Å²) < 4.78 is 12.5. The molecular formula is C24H34N2O2. The first-order valence-corrected chi connectivity index (χ1v) is 11.8. The molecule has 0 bridgehead atoms. The highest BCUT2D eigenvalue weighted by Crippen LogP contribution is 2.42. The van der Waals surface area contributed by atoms with E-state index >= 15 is 0 Å². The third-order valence-corrected chi connectivity index (χ3v) is 7.52. The molecular weight excluding hydrogens is 348 g/mol. The van der Waals surface area contributed by atoms with E-state index in [2.05, 4.69) is 9.97 Å². The van der Waals surface area contributed by atoms with Gasteiger partial charge in [0, 0.05) is 23.7 Å². The molecule has 4 nitrogen and oxygen atoms in total. The van der Waals surface area contributed by atoms with Crippen molar-refractivity contribution in [3.05, 3.63) is 35.7 Å². The predicted octanol–water partition coefficient (Wildman–Crippen LogP) is 7.20. The molecule has 2 aromatic heterocycles. The van der Waals surface area contributed by atoms with Gasteiger partial charge in [0.25, 0.3) is 0 Å². The van der Waals surface area contributed by atoms with Crippen LogP contribution in [0.25, 0.3) is 0 Å². The molecule has 2 heterocycles. The van der Waals surface area contributed by atoms with Gasteiger partial charge >= 0.3 is 0 Å². The van der Waals surface area contributed by atoms with E-state index < -0.39 is 0 Å². The summed E-state index contributed by atoms with van der Waals surface area (Å²) in [5.74, 6) is 6.41. The van der Waals surface area contributed by atoms with Gasteiger partial charge in [0.1, 0.15) is 11.5 Å². The number of aromatic nitrogens is 2. The van der Waals surface area contributed by atoms with E-state index in [1.54, 1.807) is 0 Å². The second-order valence-corrected chi connectivity index (χ2v) is 9.42. The fraction of sp³-hybridized carbons (Fsp3) is 0.750.